The Morgan fingerprint density at radius 3 is 2.47 bits per heavy atom. The number of anilines is 1. The second-order valence-electron chi connectivity index (χ2n) is 2.48. The lowest BCUT2D eigenvalue weighted by atomic mass is 10.2. The molecule has 0 spiro atoms. The van der Waals surface area contributed by atoms with E-state index in [4.69, 9.17) is 16.4 Å². The number of nitrogen functional groups attached to an aromatic ring is 1. The predicted molar refractivity (Wildman–Crippen MR) is 59.4 cm³/mol. The fourth-order valence-corrected chi connectivity index (χ4v) is 2.49. The molecule has 0 radical (unpaired) electrons. The van der Waals surface area contributed by atoms with Crippen LogP contribution in [0, 0.1) is 3.70 Å². The lowest BCUT2D eigenvalue weighted by Crippen LogP contribution is -2.06. The number of halogens is 4. The molecule has 0 amide bonds. The number of aromatic nitrogens is 1. The Kier molecular flexibility index (Phi) is 3.71. The quantitative estimate of drug-likeness (QED) is 0.493. The summed E-state index contributed by atoms with van der Waals surface area (Å²) in [6.45, 7) is 0. The zero-order valence-electron chi connectivity index (χ0n) is 6.92. The molecule has 2 N–H and O–H groups in total. The molecule has 9 heteroatoms. The van der Waals surface area contributed by atoms with Gasteiger partial charge in [-0.25, -0.2) is 22.2 Å². The third-order valence-electron chi connectivity index (χ3n) is 1.55. The van der Waals surface area contributed by atoms with Gasteiger partial charge in [0.2, 0.25) is 0 Å². The van der Waals surface area contributed by atoms with Crippen LogP contribution >= 0.6 is 33.3 Å². The van der Waals surface area contributed by atoms with Crippen LogP contribution in [0.2, 0.25) is 0 Å². The van der Waals surface area contributed by atoms with Crippen molar-refractivity contribution in [2.24, 2.45) is 0 Å². The number of hydrogen-bond acceptors (Lipinski definition) is 4. The van der Waals surface area contributed by atoms with E-state index >= 15 is 0 Å². The number of rotatable bonds is 2. The maximum absolute atomic E-state index is 12.5. The average molecular weight is 369 g/mol. The fraction of sp³-hybridized carbons (Fsp3) is 0.167. The fourth-order valence-electron chi connectivity index (χ4n) is 0.900. The highest BCUT2D eigenvalue weighted by Crippen LogP contribution is 2.33. The van der Waals surface area contributed by atoms with Gasteiger partial charge in [-0.05, 0) is 22.6 Å². The van der Waals surface area contributed by atoms with Crippen LogP contribution in [0.25, 0.3) is 0 Å². The first kappa shape index (κ1) is 12.8. The smallest absolute Gasteiger partial charge is 0.268 e. The van der Waals surface area contributed by atoms with Crippen LogP contribution in [0.5, 0.6) is 0 Å². The minimum Gasteiger partial charge on any atom is -0.397 e. The van der Waals surface area contributed by atoms with E-state index in [0.29, 0.717) is 0 Å². The second kappa shape index (κ2) is 4.34. The zero-order chi connectivity index (χ0) is 11.8. The van der Waals surface area contributed by atoms with E-state index in [0.717, 1.165) is 6.20 Å². The number of alkyl halides is 2. The highest BCUT2D eigenvalue weighted by atomic mass is 127. The van der Waals surface area contributed by atoms with Crippen molar-refractivity contribution >= 4 is 48.0 Å². The summed E-state index contributed by atoms with van der Waals surface area (Å²) in [5.41, 5.74) is 4.11. The monoisotopic (exact) mass is 368 g/mol. The van der Waals surface area contributed by atoms with Crippen molar-refractivity contribution in [2.75, 3.05) is 5.73 Å². The first-order chi connectivity index (χ1) is 6.75. The molecule has 0 aromatic carbocycles. The standard InChI is InChI=1S/C6H4ClF2IN2O2S/c7-15(13,14)2-1-12-6(10)3(4(2)11)5(8)9/h1,5H,(H2,11,12). The van der Waals surface area contributed by atoms with Gasteiger partial charge in [-0.1, -0.05) is 0 Å². The van der Waals surface area contributed by atoms with Gasteiger partial charge in [0.25, 0.3) is 15.5 Å². The van der Waals surface area contributed by atoms with Crippen LogP contribution in [0.15, 0.2) is 11.1 Å². The molecule has 1 aromatic rings. The summed E-state index contributed by atoms with van der Waals surface area (Å²) in [4.78, 5) is 2.89. The van der Waals surface area contributed by atoms with Crippen molar-refractivity contribution in [2.45, 2.75) is 11.3 Å². The molecule has 0 unspecified atom stereocenters. The highest BCUT2D eigenvalue weighted by Gasteiger charge is 2.24. The van der Waals surface area contributed by atoms with Gasteiger partial charge in [0.15, 0.2) is 0 Å². The van der Waals surface area contributed by atoms with E-state index in [-0.39, 0.29) is 3.70 Å². The maximum Gasteiger partial charge on any atom is 0.268 e. The molecule has 0 aliphatic heterocycles. The minimum atomic E-state index is -4.16. The van der Waals surface area contributed by atoms with E-state index in [9.17, 15) is 17.2 Å². The van der Waals surface area contributed by atoms with E-state index in [1.807, 2.05) is 0 Å². The van der Waals surface area contributed by atoms with E-state index in [1.165, 1.54) is 22.6 Å². The van der Waals surface area contributed by atoms with Crippen LogP contribution in [-0.4, -0.2) is 13.4 Å². The molecular formula is C6H4ClF2IN2O2S. The summed E-state index contributed by atoms with van der Waals surface area (Å²) in [5.74, 6) is 0. The summed E-state index contributed by atoms with van der Waals surface area (Å²) < 4.78 is 46.8. The van der Waals surface area contributed by atoms with Gasteiger partial charge in [0.1, 0.15) is 8.60 Å². The number of nitrogens with two attached hydrogens (primary N) is 1. The van der Waals surface area contributed by atoms with Crippen molar-refractivity contribution in [1.82, 2.24) is 4.98 Å². The third-order valence-corrected chi connectivity index (χ3v) is 3.76. The van der Waals surface area contributed by atoms with Crippen LogP contribution < -0.4 is 5.73 Å². The zero-order valence-corrected chi connectivity index (χ0v) is 10.6. The van der Waals surface area contributed by atoms with Crippen molar-refractivity contribution < 1.29 is 17.2 Å². The Morgan fingerprint density at radius 2 is 2.07 bits per heavy atom. The Labute approximate surface area is 102 Å². The Hall–Kier alpha value is -0.220. The van der Waals surface area contributed by atoms with E-state index in [2.05, 4.69) is 4.98 Å². The predicted octanol–water partition coefficient (Wildman–Crippen LogP) is 2.13. The van der Waals surface area contributed by atoms with E-state index in [1.54, 1.807) is 0 Å². The molecular weight excluding hydrogens is 364 g/mol. The molecule has 0 saturated carbocycles. The number of pyridine rings is 1. The highest BCUT2D eigenvalue weighted by molar-refractivity contribution is 14.1. The topological polar surface area (TPSA) is 73.1 Å². The molecule has 0 atom stereocenters. The Balaban J connectivity index is 3.56. The molecule has 0 aliphatic rings. The molecule has 0 fully saturated rings. The summed E-state index contributed by atoms with van der Waals surface area (Å²) in [6, 6.07) is 0. The lowest BCUT2D eigenvalue weighted by molar-refractivity contribution is 0.150. The molecule has 0 saturated heterocycles. The average Bonchev–Trinajstić information content (AvgIpc) is 2.00. The lowest BCUT2D eigenvalue weighted by Gasteiger charge is -2.09. The molecule has 84 valence electrons. The van der Waals surface area contributed by atoms with Crippen molar-refractivity contribution in [1.29, 1.82) is 0 Å². The van der Waals surface area contributed by atoms with Crippen LogP contribution in [0.1, 0.15) is 12.0 Å². The number of hydrogen-bond donors (Lipinski definition) is 1. The first-order valence-corrected chi connectivity index (χ1v) is 6.80. The van der Waals surface area contributed by atoms with Gasteiger partial charge in [-0.3, -0.25) is 0 Å². The maximum atomic E-state index is 12.5. The first-order valence-electron chi connectivity index (χ1n) is 3.42. The van der Waals surface area contributed by atoms with Crippen molar-refractivity contribution in [3.05, 3.63) is 15.5 Å². The number of nitrogens with zero attached hydrogens (tertiary/aromatic N) is 1. The summed E-state index contributed by atoms with van der Waals surface area (Å²) in [5, 5.41) is 0. The van der Waals surface area contributed by atoms with Crippen LogP contribution in [0.3, 0.4) is 0 Å². The molecule has 1 heterocycles. The second-order valence-corrected chi connectivity index (χ2v) is 6.04. The largest absolute Gasteiger partial charge is 0.397 e. The van der Waals surface area contributed by atoms with Gasteiger partial charge < -0.3 is 5.73 Å². The van der Waals surface area contributed by atoms with Gasteiger partial charge in [0.05, 0.1) is 17.4 Å². The minimum absolute atomic E-state index is 0.0517. The van der Waals surface area contributed by atoms with E-state index < -0.39 is 31.6 Å². The SMILES string of the molecule is Nc1c(S(=O)(=O)Cl)cnc(I)c1C(F)F. The summed E-state index contributed by atoms with van der Waals surface area (Å²) in [7, 11) is 0.839. The molecule has 15 heavy (non-hydrogen) atoms. The van der Waals surface area contributed by atoms with Gasteiger partial charge in [0, 0.05) is 10.7 Å². The Bertz CT molecular complexity index is 494. The van der Waals surface area contributed by atoms with Gasteiger partial charge in [-0.2, -0.15) is 0 Å². The molecule has 1 aromatic heterocycles. The molecule has 0 bridgehead atoms. The normalized spacial score (nSPS) is 12.1. The molecule has 0 aliphatic carbocycles. The molecule has 1 rings (SSSR count). The summed E-state index contributed by atoms with van der Waals surface area (Å²) in [6.07, 6.45) is -2.05. The van der Waals surface area contributed by atoms with Gasteiger partial charge in [-0.15, -0.1) is 0 Å². The van der Waals surface area contributed by atoms with Crippen molar-refractivity contribution in [3.8, 4) is 0 Å². The van der Waals surface area contributed by atoms with Crippen molar-refractivity contribution in [3.63, 3.8) is 0 Å². The Morgan fingerprint density at radius 1 is 1.53 bits per heavy atom. The third kappa shape index (κ3) is 2.67. The van der Waals surface area contributed by atoms with Crippen LogP contribution in [0.4, 0.5) is 14.5 Å². The summed E-state index contributed by atoms with van der Waals surface area (Å²) >= 11 is 1.54. The molecule has 4 nitrogen and oxygen atoms in total. The van der Waals surface area contributed by atoms with Crippen LogP contribution in [-0.2, 0) is 9.05 Å². The van der Waals surface area contributed by atoms with Gasteiger partial charge >= 0.3 is 0 Å².